The molecule has 1 unspecified atom stereocenters. The summed E-state index contributed by atoms with van der Waals surface area (Å²) in [7, 11) is 1.50. The summed E-state index contributed by atoms with van der Waals surface area (Å²) in [5.41, 5.74) is 0.608. The van der Waals surface area contributed by atoms with Crippen LogP contribution in [-0.2, 0) is 11.8 Å². The molecule has 0 saturated heterocycles. The van der Waals surface area contributed by atoms with E-state index in [1.165, 1.54) is 13.2 Å². The first-order chi connectivity index (χ1) is 9.99. The van der Waals surface area contributed by atoms with Gasteiger partial charge in [0.2, 0.25) is 5.91 Å². The Morgan fingerprint density at radius 1 is 1.33 bits per heavy atom. The number of nitrogens with zero attached hydrogens (tertiary/aromatic N) is 2. The number of amides is 1. The van der Waals surface area contributed by atoms with Crippen molar-refractivity contribution in [2.45, 2.75) is 13.0 Å². The summed E-state index contributed by atoms with van der Waals surface area (Å²) in [6.45, 7) is 1.67. The third-order valence-electron chi connectivity index (χ3n) is 2.88. The van der Waals surface area contributed by atoms with Crippen LogP contribution in [0, 0.1) is 0 Å². The third kappa shape index (κ3) is 3.61. The second-order valence-electron chi connectivity index (χ2n) is 4.52. The maximum Gasteiger partial charge on any atom is 0.287 e. The van der Waals surface area contributed by atoms with E-state index in [4.69, 9.17) is 11.6 Å². The number of carbonyl (C=O) groups excluding carboxylic acids is 1. The highest BCUT2D eigenvalue weighted by Crippen LogP contribution is 2.16. The van der Waals surface area contributed by atoms with Crippen LogP contribution >= 0.6 is 11.6 Å². The maximum atomic E-state index is 12.1. The van der Waals surface area contributed by atoms with Gasteiger partial charge in [0.25, 0.3) is 5.56 Å². The van der Waals surface area contributed by atoms with Gasteiger partial charge in [-0.25, -0.2) is 4.68 Å². The van der Waals surface area contributed by atoms with Crippen molar-refractivity contribution in [1.29, 1.82) is 0 Å². The topological polar surface area (TPSA) is 76.0 Å². The van der Waals surface area contributed by atoms with Crippen molar-refractivity contribution < 1.29 is 4.79 Å². The van der Waals surface area contributed by atoms with E-state index < -0.39 is 11.6 Å². The molecule has 110 valence electrons. The fourth-order valence-electron chi connectivity index (χ4n) is 1.68. The van der Waals surface area contributed by atoms with Gasteiger partial charge in [-0.05, 0) is 19.1 Å². The molecule has 1 amide bonds. The number of para-hydroxylation sites is 1. The number of hydrogen-bond acceptors (Lipinski definition) is 4. The van der Waals surface area contributed by atoms with Gasteiger partial charge in [0.15, 0.2) is 0 Å². The normalized spacial score (nSPS) is 11.8. The molecule has 0 spiro atoms. The Morgan fingerprint density at radius 3 is 2.67 bits per heavy atom. The highest BCUT2D eigenvalue weighted by molar-refractivity contribution is 6.33. The Labute approximate surface area is 126 Å². The van der Waals surface area contributed by atoms with Crippen LogP contribution in [0.5, 0.6) is 0 Å². The number of nitrogens with one attached hydrogen (secondary N) is 2. The summed E-state index contributed by atoms with van der Waals surface area (Å²) in [5.74, 6) is -0.238. The lowest BCUT2D eigenvalue weighted by atomic mass is 10.2. The van der Waals surface area contributed by atoms with Gasteiger partial charge in [0.05, 0.1) is 11.9 Å². The van der Waals surface area contributed by atoms with Crippen LogP contribution in [0.2, 0.25) is 5.02 Å². The summed E-state index contributed by atoms with van der Waals surface area (Å²) >= 11 is 5.94. The highest BCUT2D eigenvalue weighted by Gasteiger charge is 2.16. The minimum atomic E-state index is -0.573. The lowest BCUT2D eigenvalue weighted by molar-refractivity contribution is -0.116. The number of carbonyl (C=O) groups is 1. The molecule has 1 atom stereocenters. The molecule has 1 aromatic carbocycles. The molecule has 0 aliphatic rings. The number of aryl methyl sites for hydroxylation is 1. The van der Waals surface area contributed by atoms with Crippen molar-refractivity contribution >= 4 is 28.9 Å². The Balaban J connectivity index is 2.08. The molecular weight excluding hydrogens is 292 g/mol. The van der Waals surface area contributed by atoms with Crippen LogP contribution in [0.25, 0.3) is 0 Å². The molecule has 7 heteroatoms. The number of hydrogen-bond donors (Lipinski definition) is 2. The summed E-state index contributed by atoms with van der Waals surface area (Å²) in [5, 5.41) is 9.51. The summed E-state index contributed by atoms with van der Waals surface area (Å²) in [4.78, 5) is 23.7. The van der Waals surface area contributed by atoms with Gasteiger partial charge in [0.1, 0.15) is 11.1 Å². The fourth-order valence-corrected chi connectivity index (χ4v) is 1.91. The first-order valence-corrected chi connectivity index (χ1v) is 6.71. The molecule has 21 heavy (non-hydrogen) atoms. The van der Waals surface area contributed by atoms with Crippen LogP contribution in [0.15, 0.2) is 41.3 Å². The van der Waals surface area contributed by atoms with Gasteiger partial charge in [-0.15, -0.1) is 0 Å². The van der Waals surface area contributed by atoms with Crippen molar-refractivity contribution in [2.75, 3.05) is 10.6 Å². The third-order valence-corrected chi connectivity index (χ3v) is 3.25. The van der Waals surface area contributed by atoms with E-state index in [-0.39, 0.29) is 10.9 Å². The SMILES string of the molecule is CC(Nc1cnn(C)c(=O)c1Cl)C(=O)Nc1ccccc1. The summed E-state index contributed by atoms with van der Waals surface area (Å²) < 4.78 is 1.13. The van der Waals surface area contributed by atoms with E-state index in [2.05, 4.69) is 15.7 Å². The smallest absolute Gasteiger partial charge is 0.287 e. The molecule has 2 N–H and O–H groups in total. The Morgan fingerprint density at radius 2 is 2.00 bits per heavy atom. The van der Waals surface area contributed by atoms with E-state index in [0.29, 0.717) is 11.4 Å². The van der Waals surface area contributed by atoms with Crippen LogP contribution in [-0.4, -0.2) is 21.7 Å². The van der Waals surface area contributed by atoms with E-state index >= 15 is 0 Å². The average molecular weight is 307 g/mol. The monoisotopic (exact) mass is 306 g/mol. The second kappa shape index (κ2) is 6.41. The second-order valence-corrected chi connectivity index (χ2v) is 4.90. The highest BCUT2D eigenvalue weighted by atomic mass is 35.5. The lowest BCUT2D eigenvalue weighted by Crippen LogP contribution is -2.33. The molecule has 2 rings (SSSR count). The Kier molecular flexibility index (Phi) is 4.59. The number of aromatic nitrogens is 2. The molecule has 6 nitrogen and oxygen atoms in total. The number of halogens is 1. The van der Waals surface area contributed by atoms with Crippen molar-refractivity contribution in [1.82, 2.24) is 9.78 Å². The van der Waals surface area contributed by atoms with E-state index in [1.54, 1.807) is 19.1 Å². The van der Waals surface area contributed by atoms with Crippen molar-refractivity contribution in [3.8, 4) is 0 Å². The zero-order valence-electron chi connectivity index (χ0n) is 11.6. The quantitative estimate of drug-likeness (QED) is 0.904. The van der Waals surface area contributed by atoms with Crippen LogP contribution in [0.3, 0.4) is 0 Å². The van der Waals surface area contributed by atoms with Crippen molar-refractivity contribution in [3.63, 3.8) is 0 Å². The zero-order chi connectivity index (χ0) is 15.4. The Hall–Kier alpha value is -2.34. The van der Waals surface area contributed by atoms with Gasteiger partial charge >= 0.3 is 0 Å². The van der Waals surface area contributed by atoms with Gasteiger partial charge < -0.3 is 10.6 Å². The van der Waals surface area contributed by atoms with Crippen LogP contribution < -0.4 is 16.2 Å². The number of anilines is 2. The van der Waals surface area contributed by atoms with Gasteiger partial charge in [-0.3, -0.25) is 9.59 Å². The molecule has 0 saturated carbocycles. The predicted octanol–water partition coefficient (Wildman–Crippen LogP) is 1.87. The predicted molar refractivity (Wildman–Crippen MR) is 82.6 cm³/mol. The van der Waals surface area contributed by atoms with Crippen LogP contribution in [0.1, 0.15) is 6.92 Å². The van der Waals surface area contributed by atoms with Gasteiger partial charge in [-0.1, -0.05) is 29.8 Å². The molecule has 0 aliphatic carbocycles. The van der Waals surface area contributed by atoms with E-state index in [1.807, 2.05) is 18.2 Å². The Bertz CT molecular complexity index is 700. The summed E-state index contributed by atoms with van der Waals surface area (Å²) in [6.07, 6.45) is 1.41. The molecule has 1 aromatic heterocycles. The van der Waals surface area contributed by atoms with Gasteiger partial charge in [-0.2, -0.15) is 5.10 Å². The zero-order valence-corrected chi connectivity index (χ0v) is 12.4. The number of rotatable bonds is 4. The largest absolute Gasteiger partial charge is 0.371 e. The van der Waals surface area contributed by atoms with Crippen molar-refractivity contribution in [2.24, 2.45) is 7.05 Å². The van der Waals surface area contributed by atoms with Gasteiger partial charge in [0, 0.05) is 12.7 Å². The van der Waals surface area contributed by atoms with E-state index in [9.17, 15) is 9.59 Å². The molecule has 0 fully saturated rings. The standard InChI is InChI=1S/C14H15ClN4O2/c1-9(13(20)18-10-6-4-3-5-7-10)17-11-8-16-19(2)14(21)12(11)15/h3-9,17H,1-2H3,(H,18,20). The molecule has 2 aromatic rings. The maximum absolute atomic E-state index is 12.1. The minimum Gasteiger partial charge on any atom is -0.371 e. The van der Waals surface area contributed by atoms with Crippen LogP contribution in [0.4, 0.5) is 11.4 Å². The minimum absolute atomic E-state index is 0.00635. The summed E-state index contributed by atoms with van der Waals surface area (Å²) in [6, 6.07) is 8.53. The molecule has 0 bridgehead atoms. The first-order valence-electron chi connectivity index (χ1n) is 6.33. The fraction of sp³-hybridized carbons (Fsp3) is 0.214. The average Bonchev–Trinajstić information content (AvgIpc) is 2.48. The molecule has 0 radical (unpaired) electrons. The number of benzene rings is 1. The lowest BCUT2D eigenvalue weighted by Gasteiger charge is -2.16. The molecular formula is C14H15ClN4O2. The van der Waals surface area contributed by atoms with Crippen molar-refractivity contribution in [3.05, 3.63) is 51.9 Å². The molecule has 0 aliphatic heterocycles. The van der Waals surface area contributed by atoms with E-state index in [0.717, 1.165) is 4.68 Å². The first kappa shape index (κ1) is 15.1. The molecule has 1 heterocycles.